The molecular weight excluding hydrogens is 294 g/mol. The first-order chi connectivity index (χ1) is 10.7. The van der Waals surface area contributed by atoms with Crippen LogP contribution in [0.4, 0.5) is 0 Å². The summed E-state index contributed by atoms with van der Waals surface area (Å²) >= 11 is 5.31. The fraction of sp³-hybridized carbons (Fsp3) is 0.438. The smallest absolute Gasteiger partial charge is 0.187 e. The van der Waals surface area contributed by atoms with Crippen molar-refractivity contribution in [3.05, 3.63) is 30.1 Å². The zero-order valence-corrected chi connectivity index (χ0v) is 13.5. The van der Waals surface area contributed by atoms with Gasteiger partial charge in [0.15, 0.2) is 10.9 Å². The van der Waals surface area contributed by atoms with E-state index in [4.69, 9.17) is 12.2 Å². The van der Waals surface area contributed by atoms with E-state index in [2.05, 4.69) is 25.8 Å². The number of nitrogens with one attached hydrogen (secondary N) is 3. The predicted octanol–water partition coefficient (Wildman–Crippen LogP) is 3.08. The van der Waals surface area contributed by atoms with E-state index < -0.39 is 0 Å². The lowest BCUT2D eigenvalue weighted by Gasteiger charge is -2.23. The first-order valence-corrected chi connectivity index (χ1v) is 8.19. The van der Waals surface area contributed by atoms with Gasteiger partial charge in [0.05, 0.1) is 11.0 Å². The summed E-state index contributed by atoms with van der Waals surface area (Å²) in [5.74, 6) is 0.758. The second-order valence-electron chi connectivity index (χ2n) is 5.72. The molecule has 5 nitrogen and oxygen atoms in total. The average Bonchev–Trinajstić information content (AvgIpc) is 2.98. The number of nitrogens with zero attached hydrogens (tertiary/aromatic N) is 2. The van der Waals surface area contributed by atoms with Crippen molar-refractivity contribution in [1.82, 2.24) is 20.7 Å². The molecule has 2 aromatic rings. The Hall–Kier alpha value is -1.95. The van der Waals surface area contributed by atoms with Gasteiger partial charge in [-0.15, -0.1) is 0 Å². The zero-order valence-electron chi connectivity index (χ0n) is 12.7. The van der Waals surface area contributed by atoms with Crippen LogP contribution in [0, 0.1) is 0 Å². The fourth-order valence-electron chi connectivity index (χ4n) is 2.78. The van der Waals surface area contributed by atoms with E-state index >= 15 is 0 Å². The van der Waals surface area contributed by atoms with E-state index in [1.54, 1.807) is 0 Å². The summed E-state index contributed by atoms with van der Waals surface area (Å²) in [6.07, 6.45) is 6.27. The molecule has 6 heteroatoms. The van der Waals surface area contributed by atoms with Crippen LogP contribution in [0.15, 0.2) is 29.4 Å². The molecule has 1 aromatic carbocycles. The van der Waals surface area contributed by atoms with Gasteiger partial charge in [0.2, 0.25) is 0 Å². The number of aromatic nitrogens is 2. The number of rotatable bonds is 3. The average molecular weight is 315 g/mol. The van der Waals surface area contributed by atoms with Crippen LogP contribution >= 0.6 is 12.2 Å². The third kappa shape index (κ3) is 3.62. The van der Waals surface area contributed by atoms with Crippen LogP contribution in [0.1, 0.15) is 44.9 Å². The molecule has 0 unspecified atom stereocenters. The zero-order chi connectivity index (χ0) is 15.4. The van der Waals surface area contributed by atoms with Crippen LogP contribution in [-0.4, -0.2) is 26.8 Å². The number of hydrogen-bond acceptors (Lipinski definition) is 3. The Balaban J connectivity index is 1.60. The summed E-state index contributed by atoms with van der Waals surface area (Å²) in [7, 11) is 0. The maximum absolute atomic E-state index is 5.31. The highest BCUT2D eigenvalue weighted by Gasteiger charge is 2.13. The van der Waals surface area contributed by atoms with E-state index in [1.807, 2.05) is 31.2 Å². The van der Waals surface area contributed by atoms with Gasteiger partial charge in [-0.2, -0.15) is 5.10 Å². The van der Waals surface area contributed by atoms with Gasteiger partial charge in [0.25, 0.3) is 0 Å². The van der Waals surface area contributed by atoms with Gasteiger partial charge < -0.3 is 10.3 Å². The van der Waals surface area contributed by atoms with Gasteiger partial charge in [-0.25, -0.2) is 4.98 Å². The minimum Gasteiger partial charge on any atom is -0.359 e. The highest BCUT2D eigenvalue weighted by atomic mass is 32.1. The Kier molecular flexibility index (Phi) is 4.68. The van der Waals surface area contributed by atoms with Crippen molar-refractivity contribution in [3.8, 4) is 0 Å². The van der Waals surface area contributed by atoms with Crippen LogP contribution in [0.3, 0.4) is 0 Å². The first kappa shape index (κ1) is 15.0. The van der Waals surface area contributed by atoms with Crippen molar-refractivity contribution < 1.29 is 0 Å². The van der Waals surface area contributed by atoms with Crippen LogP contribution in [0.5, 0.6) is 0 Å². The molecule has 0 spiro atoms. The maximum atomic E-state index is 5.31. The molecule has 0 amide bonds. The Morgan fingerprint density at radius 3 is 2.82 bits per heavy atom. The molecule has 0 saturated heterocycles. The third-order valence-electron chi connectivity index (χ3n) is 4.00. The molecule has 22 heavy (non-hydrogen) atoms. The topological polar surface area (TPSA) is 65.1 Å². The SMILES string of the molecule is C/C(=N\NC(=S)NC1CCCCC1)c1nc2ccccc2[nH]1. The molecule has 1 fully saturated rings. The molecule has 1 saturated carbocycles. The van der Waals surface area contributed by atoms with Crippen molar-refractivity contribution in [2.75, 3.05) is 0 Å². The lowest BCUT2D eigenvalue weighted by atomic mass is 9.96. The van der Waals surface area contributed by atoms with E-state index in [0.717, 1.165) is 22.6 Å². The Labute approximate surface area is 135 Å². The molecule has 3 N–H and O–H groups in total. The molecule has 0 bridgehead atoms. The second kappa shape index (κ2) is 6.87. The highest BCUT2D eigenvalue weighted by molar-refractivity contribution is 7.80. The van der Waals surface area contributed by atoms with Gasteiger partial charge in [-0.05, 0) is 44.1 Å². The molecule has 0 atom stereocenters. The fourth-order valence-corrected chi connectivity index (χ4v) is 2.99. The van der Waals surface area contributed by atoms with Crippen LogP contribution < -0.4 is 10.7 Å². The molecule has 1 heterocycles. The van der Waals surface area contributed by atoms with Crippen molar-refractivity contribution >= 4 is 34.1 Å². The van der Waals surface area contributed by atoms with Gasteiger partial charge in [0.1, 0.15) is 5.71 Å². The largest absolute Gasteiger partial charge is 0.359 e. The summed E-state index contributed by atoms with van der Waals surface area (Å²) in [6.45, 7) is 1.91. The van der Waals surface area contributed by atoms with Crippen molar-refractivity contribution in [2.45, 2.75) is 45.1 Å². The molecule has 116 valence electrons. The second-order valence-corrected chi connectivity index (χ2v) is 6.13. The number of fused-ring (bicyclic) bond motifs is 1. The predicted molar refractivity (Wildman–Crippen MR) is 94.0 cm³/mol. The highest BCUT2D eigenvalue weighted by Crippen LogP contribution is 2.17. The first-order valence-electron chi connectivity index (χ1n) is 7.78. The van der Waals surface area contributed by atoms with Crippen molar-refractivity contribution in [1.29, 1.82) is 0 Å². The number of benzene rings is 1. The summed E-state index contributed by atoms with van der Waals surface area (Å²) in [4.78, 5) is 7.77. The van der Waals surface area contributed by atoms with Gasteiger partial charge in [0, 0.05) is 6.04 Å². The maximum Gasteiger partial charge on any atom is 0.187 e. The van der Waals surface area contributed by atoms with E-state index in [9.17, 15) is 0 Å². The number of H-pyrrole nitrogens is 1. The lowest BCUT2D eigenvalue weighted by Crippen LogP contribution is -2.41. The van der Waals surface area contributed by atoms with Crippen LogP contribution in [0.25, 0.3) is 11.0 Å². The van der Waals surface area contributed by atoms with Crippen LogP contribution in [0.2, 0.25) is 0 Å². The standard InChI is InChI=1S/C16H21N5S/c1-11(15-18-13-9-5-6-10-14(13)19-15)20-21-16(22)17-12-7-3-2-4-8-12/h5-6,9-10,12H,2-4,7-8H2,1H3,(H,18,19)(H2,17,21,22)/b20-11+. The van der Waals surface area contributed by atoms with Crippen molar-refractivity contribution in [2.24, 2.45) is 5.10 Å². The monoisotopic (exact) mass is 315 g/mol. The molecule has 3 rings (SSSR count). The number of thiocarbonyl (C=S) groups is 1. The Morgan fingerprint density at radius 2 is 2.05 bits per heavy atom. The van der Waals surface area contributed by atoms with Crippen molar-refractivity contribution in [3.63, 3.8) is 0 Å². The molecule has 1 aliphatic rings. The van der Waals surface area contributed by atoms with Gasteiger partial charge in [-0.1, -0.05) is 31.4 Å². The van der Waals surface area contributed by atoms with E-state index in [0.29, 0.717) is 11.2 Å². The van der Waals surface area contributed by atoms with Gasteiger partial charge >= 0.3 is 0 Å². The Morgan fingerprint density at radius 1 is 1.27 bits per heavy atom. The number of para-hydroxylation sites is 2. The number of imidazole rings is 1. The number of hydrogen-bond donors (Lipinski definition) is 3. The van der Waals surface area contributed by atoms with Gasteiger partial charge in [-0.3, -0.25) is 5.43 Å². The summed E-state index contributed by atoms with van der Waals surface area (Å²) < 4.78 is 0. The summed E-state index contributed by atoms with van der Waals surface area (Å²) in [5, 5.41) is 8.24. The van der Waals surface area contributed by atoms with E-state index in [1.165, 1.54) is 32.1 Å². The lowest BCUT2D eigenvalue weighted by molar-refractivity contribution is 0.412. The minimum absolute atomic E-state index is 0.482. The third-order valence-corrected chi connectivity index (χ3v) is 4.21. The Bertz CT molecular complexity index is 652. The molecule has 0 aliphatic heterocycles. The normalized spacial score (nSPS) is 16.7. The molecule has 1 aromatic heterocycles. The molecule has 1 aliphatic carbocycles. The minimum atomic E-state index is 0.482. The van der Waals surface area contributed by atoms with E-state index in [-0.39, 0.29) is 0 Å². The summed E-state index contributed by atoms with van der Waals surface area (Å²) in [5.41, 5.74) is 5.65. The summed E-state index contributed by atoms with van der Waals surface area (Å²) in [6, 6.07) is 8.42. The number of aromatic amines is 1. The quantitative estimate of drug-likeness (QED) is 0.463. The number of hydrazone groups is 1. The molecule has 0 radical (unpaired) electrons. The van der Waals surface area contributed by atoms with Crippen LogP contribution in [-0.2, 0) is 0 Å². The molecular formula is C16H21N5S.